The van der Waals surface area contributed by atoms with Gasteiger partial charge in [0, 0.05) is 36.2 Å². The summed E-state index contributed by atoms with van der Waals surface area (Å²) in [4.78, 5) is 37.2. The van der Waals surface area contributed by atoms with Crippen LogP contribution in [-0.4, -0.2) is 30.4 Å². The highest BCUT2D eigenvalue weighted by Crippen LogP contribution is 2.28. The first kappa shape index (κ1) is 24.5. The summed E-state index contributed by atoms with van der Waals surface area (Å²) in [6.45, 7) is 9.91. The van der Waals surface area contributed by atoms with E-state index in [4.69, 9.17) is 5.73 Å². The highest BCUT2D eigenvalue weighted by atomic mass is 16.2. The molecule has 0 fully saturated rings. The number of hydrogen-bond acceptors (Lipinski definition) is 3. The van der Waals surface area contributed by atoms with E-state index in [2.05, 4.69) is 20.9 Å². The SMILES string of the molecule is CC.CNC(=O)c1c(C)[nH]c(/C=C(\C)c2cc(CNC(N)=O)ccc2NC=O)c1C. The molecule has 0 atom stereocenters. The molecule has 1 heterocycles. The number of benzene rings is 1. The van der Waals surface area contributed by atoms with E-state index in [0.717, 1.165) is 33.7 Å². The van der Waals surface area contributed by atoms with E-state index in [0.29, 0.717) is 17.7 Å². The van der Waals surface area contributed by atoms with Crippen molar-refractivity contribution in [3.8, 4) is 0 Å². The number of nitrogens with two attached hydrogens (primary N) is 1. The molecule has 0 unspecified atom stereocenters. The van der Waals surface area contributed by atoms with Crippen molar-refractivity contribution in [3.63, 3.8) is 0 Å². The van der Waals surface area contributed by atoms with E-state index in [1.807, 2.05) is 46.8 Å². The molecule has 8 nitrogen and oxygen atoms in total. The lowest BCUT2D eigenvalue weighted by Gasteiger charge is -2.12. The van der Waals surface area contributed by atoms with E-state index in [1.165, 1.54) is 0 Å². The lowest BCUT2D eigenvalue weighted by atomic mass is 10.00. The second-order valence-corrected chi connectivity index (χ2v) is 6.43. The smallest absolute Gasteiger partial charge is 0.312 e. The number of allylic oxidation sites excluding steroid dienone is 1. The van der Waals surface area contributed by atoms with Crippen LogP contribution in [0, 0.1) is 13.8 Å². The summed E-state index contributed by atoms with van der Waals surface area (Å²) in [7, 11) is 1.60. The Morgan fingerprint density at radius 1 is 1.20 bits per heavy atom. The molecule has 8 heteroatoms. The van der Waals surface area contributed by atoms with Gasteiger partial charge in [0.15, 0.2) is 0 Å². The van der Waals surface area contributed by atoms with Gasteiger partial charge in [0.2, 0.25) is 6.41 Å². The molecule has 0 aliphatic rings. The van der Waals surface area contributed by atoms with Gasteiger partial charge in [-0.2, -0.15) is 0 Å². The zero-order valence-electron chi connectivity index (χ0n) is 18.4. The molecule has 0 radical (unpaired) electrons. The van der Waals surface area contributed by atoms with E-state index < -0.39 is 6.03 Å². The lowest BCUT2D eigenvalue weighted by Crippen LogP contribution is -2.28. The quantitative estimate of drug-likeness (QED) is 0.447. The van der Waals surface area contributed by atoms with Crippen LogP contribution in [0.3, 0.4) is 0 Å². The number of aromatic amines is 1. The zero-order valence-corrected chi connectivity index (χ0v) is 18.4. The minimum Gasteiger partial charge on any atom is -0.358 e. The monoisotopic (exact) mass is 413 g/mol. The number of carbonyl (C=O) groups is 3. The van der Waals surface area contributed by atoms with Crippen LogP contribution in [0.1, 0.15) is 59.2 Å². The number of carbonyl (C=O) groups excluding carboxylic acids is 3. The second-order valence-electron chi connectivity index (χ2n) is 6.43. The van der Waals surface area contributed by atoms with Crippen LogP contribution < -0.4 is 21.7 Å². The molecule has 0 aliphatic heterocycles. The van der Waals surface area contributed by atoms with Gasteiger partial charge in [0.1, 0.15) is 0 Å². The Morgan fingerprint density at radius 2 is 1.87 bits per heavy atom. The number of H-pyrrole nitrogens is 1. The summed E-state index contributed by atoms with van der Waals surface area (Å²) in [5.41, 5.74) is 11.3. The lowest BCUT2D eigenvalue weighted by molar-refractivity contribution is -0.105. The first-order valence-corrected chi connectivity index (χ1v) is 9.74. The molecule has 4 amide bonds. The van der Waals surface area contributed by atoms with Gasteiger partial charge in [-0.25, -0.2) is 4.79 Å². The predicted octanol–water partition coefficient (Wildman–Crippen LogP) is 3.31. The molecule has 0 bridgehead atoms. The van der Waals surface area contributed by atoms with Gasteiger partial charge in [-0.05, 0) is 55.7 Å². The van der Waals surface area contributed by atoms with Crippen molar-refractivity contribution in [1.29, 1.82) is 0 Å². The number of amides is 4. The molecule has 2 aromatic rings. The summed E-state index contributed by atoms with van der Waals surface area (Å²) >= 11 is 0. The van der Waals surface area contributed by atoms with Crippen LogP contribution in [-0.2, 0) is 11.3 Å². The molecular weight excluding hydrogens is 382 g/mol. The fourth-order valence-electron chi connectivity index (χ4n) is 3.08. The largest absolute Gasteiger partial charge is 0.358 e. The van der Waals surface area contributed by atoms with Gasteiger partial charge >= 0.3 is 6.03 Å². The third-order valence-corrected chi connectivity index (χ3v) is 4.48. The zero-order chi connectivity index (χ0) is 22.8. The van der Waals surface area contributed by atoms with Crippen LogP contribution in [0.15, 0.2) is 18.2 Å². The van der Waals surface area contributed by atoms with Crippen molar-refractivity contribution in [2.75, 3.05) is 12.4 Å². The molecule has 2 rings (SSSR count). The number of aromatic nitrogens is 1. The predicted molar refractivity (Wildman–Crippen MR) is 121 cm³/mol. The molecule has 6 N–H and O–H groups in total. The van der Waals surface area contributed by atoms with Gasteiger partial charge in [0.05, 0.1) is 5.56 Å². The minimum atomic E-state index is -0.608. The molecule has 0 aliphatic carbocycles. The van der Waals surface area contributed by atoms with Crippen molar-refractivity contribution in [2.24, 2.45) is 5.73 Å². The number of anilines is 1. The summed E-state index contributed by atoms with van der Waals surface area (Å²) in [6.07, 6.45) is 2.53. The summed E-state index contributed by atoms with van der Waals surface area (Å²) in [5.74, 6) is -0.147. The van der Waals surface area contributed by atoms with Crippen LogP contribution in [0.4, 0.5) is 10.5 Å². The van der Waals surface area contributed by atoms with Gasteiger partial charge in [-0.3, -0.25) is 9.59 Å². The Labute approximate surface area is 177 Å². The van der Waals surface area contributed by atoms with Crippen molar-refractivity contribution in [3.05, 3.63) is 51.8 Å². The van der Waals surface area contributed by atoms with Crippen molar-refractivity contribution < 1.29 is 14.4 Å². The molecule has 30 heavy (non-hydrogen) atoms. The fourth-order valence-corrected chi connectivity index (χ4v) is 3.08. The number of urea groups is 1. The number of rotatable bonds is 7. The highest BCUT2D eigenvalue weighted by Gasteiger charge is 2.16. The number of hydrogen-bond donors (Lipinski definition) is 5. The van der Waals surface area contributed by atoms with E-state index in [-0.39, 0.29) is 12.5 Å². The number of aryl methyl sites for hydroxylation is 1. The maximum Gasteiger partial charge on any atom is 0.312 e. The minimum absolute atomic E-state index is 0.147. The third kappa shape index (κ3) is 5.97. The summed E-state index contributed by atoms with van der Waals surface area (Å²) in [5, 5.41) is 7.88. The van der Waals surface area contributed by atoms with Crippen LogP contribution in [0.5, 0.6) is 0 Å². The second kappa shape index (κ2) is 11.5. The van der Waals surface area contributed by atoms with Crippen LogP contribution in [0.2, 0.25) is 0 Å². The average molecular weight is 414 g/mol. The standard InChI is InChI=1S/C20H25N5O3.C2H6/c1-11(7-17-12(2)18(13(3)25-17)19(27)22-4)15-8-14(9-23-20(21)28)5-6-16(15)24-10-26;1-2/h5-8,10,25H,9H2,1-4H3,(H,22,27)(H,24,26)(H3,21,23,28);1-2H3/b11-7+;. The number of nitrogens with one attached hydrogen (secondary N) is 4. The summed E-state index contributed by atoms with van der Waals surface area (Å²) in [6, 6.07) is 4.83. The highest BCUT2D eigenvalue weighted by molar-refractivity contribution is 5.98. The maximum absolute atomic E-state index is 12.1. The third-order valence-electron chi connectivity index (χ3n) is 4.48. The van der Waals surface area contributed by atoms with Crippen molar-refractivity contribution in [2.45, 2.75) is 41.2 Å². The topological polar surface area (TPSA) is 129 Å². The Balaban J connectivity index is 0.00000218. The Hall–Kier alpha value is -3.55. The molecule has 162 valence electrons. The van der Waals surface area contributed by atoms with Gasteiger partial charge in [-0.15, -0.1) is 0 Å². The Bertz CT molecular complexity index is 944. The molecule has 1 aromatic carbocycles. The Kier molecular flexibility index (Phi) is 9.35. The van der Waals surface area contributed by atoms with Gasteiger partial charge < -0.3 is 26.7 Å². The van der Waals surface area contributed by atoms with Crippen LogP contribution >= 0.6 is 0 Å². The first-order valence-electron chi connectivity index (χ1n) is 9.74. The normalized spacial score (nSPS) is 10.5. The molecule has 0 spiro atoms. The molecule has 0 saturated carbocycles. The van der Waals surface area contributed by atoms with Crippen molar-refractivity contribution in [1.82, 2.24) is 15.6 Å². The summed E-state index contributed by atoms with van der Waals surface area (Å²) < 4.78 is 0. The molecule has 0 saturated heterocycles. The van der Waals surface area contributed by atoms with Crippen molar-refractivity contribution >= 4 is 35.7 Å². The van der Waals surface area contributed by atoms with Gasteiger partial charge in [-0.1, -0.05) is 19.9 Å². The van der Waals surface area contributed by atoms with E-state index in [9.17, 15) is 14.4 Å². The Morgan fingerprint density at radius 3 is 2.43 bits per heavy atom. The molecular formula is C22H31N5O3. The van der Waals surface area contributed by atoms with E-state index >= 15 is 0 Å². The van der Waals surface area contributed by atoms with E-state index in [1.54, 1.807) is 19.2 Å². The average Bonchev–Trinajstić information content (AvgIpc) is 3.01. The maximum atomic E-state index is 12.1. The van der Waals surface area contributed by atoms with Gasteiger partial charge in [0.25, 0.3) is 5.91 Å². The van der Waals surface area contributed by atoms with Crippen LogP contribution in [0.25, 0.3) is 11.6 Å². The molecule has 1 aromatic heterocycles. The fraction of sp³-hybridized carbons (Fsp3) is 0.318. The number of primary amides is 1. The first-order chi connectivity index (χ1) is 14.3.